The number of nitrogens with two attached hydrogens (primary N) is 1. The van der Waals surface area contributed by atoms with Gasteiger partial charge in [-0.15, -0.1) is 0 Å². The summed E-state index contributed by atoms with van der Waals surface area (Å²) in [4.78, 5) is 2.18. The van der Waals surface area contributed by atoms with Gasteiger partial charge in [-0.05, 0) is 19.5 Å². The summed E-state index contributed by atoms with van der Waals surface area (Å²) >= 11 is 0. The number of likely N-dealkylation sites (N-methyl/N-ethyl adjacent to an activating group) is 1. The number of aliphatic hydroxyl groups is 1. The predicted molar refractivity (Wildman–Crippen MR) is 74.0 cm³/mol. The van der Waals surface area contributed by atoms with Crippen LogP contribution in [-0.4, -0.2) is 55.6 Å². The van der Waals surface area contributed by atoms with Crippen LogP contribution in [0.2, 0.25) is 0 Å². The van der Waals surface area contributed by atoms with Gasteiger partial charge in [0.25, 0.3) is 0 Å². The smallest absolute Gasteiger partial charge is 0.0700 e. The Morgan fingerprint density at radius 3 is 2.89 bits per heavy atom. The van der Waals surface area contributed by atoms with Gasteiger partial charge in [0.1, 0.15) is 0 Å². The van der Waals surface area contributed by atoms with E-state index in [1.54, 1.807) is 6.21 Å². The summed E-state index contributed by atoms with van der Waals surface area (Å²) in [6, 6.07) is 0.523. The SMILES string of the molecule is C=C(/C=C(\C=N/N)N1CC(NC)C1)NCCCO. The van der Waals surface area contributed by atoms with Gasteiger partial charge >= 0.3 is 0 Å². The van der Waals surface area contributed by atoms with Crippen LogP contribution in [0.1, 0.15) is 6.42 Å². The molecular weight excluding hydrogens is 230 g/mol. The van der Waals surface area contributed by atoms with Crippen LogP contribution >= 0.6 is 0 Å². The summed E-state index contributed by atoms with van der Waals surface area (Å²) in [5.41, 5.74) is 1.75. The number of nitrogens with one attached hydrogen (secondary N) is 2. The van der Waals surface area contributed by atoms with Gasteiger partial charge in [-0.2, -0.15) is 5.10 Å². The lowest BCUT2D eigenvalue weighted by molar-refractivity contribution is 0.187. The van der Waals surface area contributed by atoms with Gasteiger partial charge in [0.05, 0.1) is 11.9 Å². The van der Waals surface area contributed by atoms with Gasteiger partial charge in [0.2, 0.25) is 0 Å². The molecule has 1 fully saturated rings. The highest BCUT2D eigenvalue weighted by molar-refractivity contribution is 5.78. The Bertz CT molecular complexity index is 320. The average Bonchev–Trinajstić information content (AvgIpc) is 2.28. The summed E-state index contributed by atoms with van der Waals surface area (Å²) in [6.07, 6.45) is 4.25. The minimum atomic E-state index is 0.178. The second kappa shape index (κ2) is 7.73. The Hall–Kier alpha value is -1.53. The van der Waals surface area contributed by atoms with E-state index in [1.807, 2.05) is 13.1 Å². The zero-order chi connectivity index (χ0) is 13.4. The predicted octanol–water partition coefficient (Wildman–Crippen LogP) is -0.796. The van der Waals surface area contributed by atoms with Crippen molar-refractivity contribution >= 4 is 6.21 Å². The topological polar surface area (TPSA) is 85.9 Å². The largest absolute Gasteiger partial charge is 0.396 e. The van der Waals surface area contributed by atoms with E-state index in [9.17, 15) is 0 Å². The summed E-state index contributed by atoms with van der Waals surface area (Å²) in [6.45, 7) is 6.68. The summed E-state index contributed by atoms with van der Waals surface area (Å²) in [5, 5.41) is 18.6. The maximum atomic E-state index is 8.70. The van der Waals surface area contributed by atoms with Crippen LogP contribution in [0.3, 0.4) is 0 Å². The Balaban J connectivity index is 2.48. The lowest BCUT2D eigenvalue weighted by atomic mass is 10.1. The van der Waals surface area contributed by atoms with E-state index in [1.165, 1.54) is 0 Å². The molecule has 0 atom stereocenters. The van der Waals surface area contributed by atoms with E-state index >= 15 is 0 Å². The highest BCUT2D eigenvalue weighted by Gasteiger charge is 2.26. The second-order valence-corrected chi connectivity index (χ2v) is 4.27. The van der Waals surface area contributed by atoms with E-state index < -0.39 is 0 Å². The third-order valence-corrected chi connectivity index (χ3v) is 2.87. The molecule has 1 aliphatic rings. The number of nitrogens with zero attached hydrogens (tertiary/aromatic N) is 2. The molecule has 1 rings (SSSR count). The minimum Gasteiger partial charge on any atom is -0.396 e. The van der Waals surface area contributed by atoms with Crippen molar-refractivity contribution in [3.05, 3.63) is 24.0 Å². The third-order valence-electron chi connectivity index (χ3n) is 2.87. The highest BCUT2D eigenvalue weighted by Crippen LogP contribution is 2.14. The van der Waals surface area contributed by atoms with Gasteiger partial charge in [-0.3, -0.25) is 0 Å². The first-order valence-electron chi connectivity index (χ1n) is 6.12. The van der Waals surface area contributed by atoms with Crippen LogP contribution < -0.4 is 16.5 Å². The normalized spacial score (nSPS) is 17.0. The summed E-state index contributed by atoms with van der Waals surface area (Å²) < 4.78 is 0. The molecule has 0 bridgehead atoms. The molecule has 1 saturated heterocycles. The Kier molecular flexibility index (Phi) is 6.24. The molecule has 0 unspecified atom stereocenters. The second-order valence-electron chi connectivity index (χ2n) is 4.27. The van der Waals surface area contributed by atoms with Crippen LogP contribution in [0, 0.1) is 0 Å². The van der Waals surface area contributed by atoms with Crippen molar-refractivity contribution in [3.63, 3.8) is 0 Å². The van der Waals surface area contributed by atoms with Crippen LogP contribution in [0.15, 0.2) is 29.2 Å². The number of aliphatic hydroxyl groups excluding tert-OH is 1. The van der Waals surface area contributed by atoms with Crippen LogP contribution in [0.25, 0.3) is 0 Å². The number of hydrogen-bond acceptors (Lipinski definition) is 6. The molecule has 0 amide bonds. The Morgan fingerprint density at radius 2 is 2.33 bits per heavy atom. The van der Waals surface area contributed by atoms with Gasteiger partial charge in [-0.25, -0.2) is 0 Å². The zero-order valence-corrected chi connectivity index (χ0v) is 10.9. The van der Waals surface area contributed by atoms with E-state index in [2.05, 4.69) is 27.2 Å². The number of likely N-dealkylation sites (tertiary alicyclic amines) is 1. The maximum Gasteiger partial charge on any atom is 0.0700 e. The molecule has 0 spiro atoms. The molecule has 0 aliphatic carbocycles. The van der Waals surface area contributed by atoms with Crippen molar-refractivity contribution in [1.29, 1.82) is 0 Å². The van der Waals surface area contributed by atoms with Crippen LogP contribution in [-0.2, 0) is 0 Å². The fraction of sp³-hybridized carbons (Fsp3) is 0.583. The average molecular weight is 253 g/mol. The van der Waals surface area contributed by atoms with Crippen molar-refractivity contribution < 1.29 is 5.11 Å². The summed E-state index contributed by atoms with van der Waals surface area (Å²) in [5.74, 6) is 5.21. The molecule has 0 aromatic rings. The Labute approximate surface area is 108 Å². The molecule has 0 saturated carbocycles. The van der Waals surface area contributed by atoms with Crippen molar-refractivity contribution in [1.82, 2.24) is 15.5 Å². The maximum absolute atomic E-state index is 8.70. The molecule has 0 radical (unpaired) electrons. The van der Waals surface area contributed by atoms with Crippen molar-refractivity contribution in [3.8, 4) is 0 Å². The first kappa shape index (κ1) is 14.5. The molecule has 6 heteroatoms. The van der Waals surface area contributed by atoms with Gasteiger partial charge in [-0.1, -0.05) is 6.58 Å². The Morgan fingerprint density at radius 1 is 1.61 bits per heavy atom. The van der Waals surface area contributed by atoms with E-state index in [-0.39, 0.29) is 6.61 Å². The molecule has 1 aliphatic heterocycles. The van der Waals surface area contributed by atoms with Crippen molar-refractivity contribution in [2.45, 2.75) is 12.5 Å². The van der Waals surface area contributed by atoms with Crippen molar-refractivity contribution in [2.24, 2.45) is 10.9 Å². The van der Waals surface area contributed by atoms with Gasteiger partial charge < -0.3 is 26.5 Å². The molecule has 5 N–H and O–H groups in total. The lowest BCUT2D eigenvalue weighted by Gasteiger charge is -2.41. The van der Waals surface area contributed by atoms with E-state index in [4.69, 9.17) is 10.9 Å². The first-order valence-corrected chi connectivity index (χ1v) is 6.12. The molecule has 18 heavy (non-hydrogen) atoms. The van der Waals surface area contributed by atoms with Gasteiger partial charge in [0, 0.05) is 38.0 Å². The molecule has 0 aromatic carbocycles. The molecule has 1 heterocycles. The fourth-order valence-corrected chi connectivity index (χ4v) is 1.72. The quantitative estimate of drug-likeness (QED) is 0.150. The number of hydrazone groups is 1. The summed E-state index contributed by atoms with van der Waals surface area (Å²) in [7, 11) is 1.96. The van der Waals surface area contributed by atoms with Crippen LogP contribution in [0.5, 0.6) is 0 Å². The number of rotatable bonds is 8. The first-order chi connectivity index (χ1) is 8.71. The monoisotopic (exact) mass is 253 g/mol. The molecule has 102 valence electrons. The van der Waals surface area contributed by atoms with Crippen LogP contribution in [0.4, 0.5) is 0 Å². The zero-order valence-electron chi connectivity index (χ0n) is 10.9. The minimum absolute atomic E-state index is 0.178. The standard InChI is InChI=1S/C12H23N5O/c1-10(15-4-3-5-18)6-12(7-16-13)17-8-11(9-17)14-2/h6-7,11,14-15,18H,1,3-5,8-9,13H2,2H3/b12-6+,16-7-. The number of allylic oxidation sites excluding steroid dienone is 2. The fourth-order valence-electron chi connectivity index (χ4n) is 1.72. The molecular formula is C12H23N5O. The van der Waals surface area contributed by atoms with Crippen molar-refractivity contribution in [2.75, 3.05) is 33.3 Å². The van der Waals surface area contributed by atoms with E-state index in [0.717, 1.165) is 24.5 Å². The molecule has 0 aromatic heterocycles. The van der Waals surface area contributed by atoms with Gasteiger partial charge in [0.15, 0.2) is 0 Å². The third kappa shape index (κ3) is 4.38. The number of hydrogen-bond donors (Lipinski definition) is 4. The lowest BCUT2D eigenvalue weighted by Crippen LogP contribution is -2.56. The molecule has 6 nitrogen and oxygen atoms in total. The highest BCUT2D eigenvalue weighted by atomic mass is 16.3. The van der Waals surface area contributed by atoms with E-state index in [0.29, 0.717) is 19.0 Å².